The lowest BCUT2D eigenvalue weighted by Gasteiger charge is -2.10. The minimum Gasteiger partial charge on any atom is -0.455 e. The van der Waals surface area contributed by atoms with Crippen LogP contribution in [-0.2, 0) is 0 Å². The Hall–Kier alpha value is -7.90. The summed E-state index contributed by atoms with van der Waals surface area (Å²) < 4.78 is 11.7. The minimum absolute atomic E-state index is 0.514. The number of hydrogen-bond acceptors (Lipinski definition) is 5. The van der Waals surface area contributed by atoms with Gasteiger partial charge in [-0.3, -0.25) is 4.98 Å². The summed E-state index contributed by atoms with van der Waals surface area (Å²) in [5.74, 6) is 1.72. The topological polar surface area (TPSA) is 74.6 Å². The van der Waals surface area contributed by atoms with Crippen LogP contribution in [0.2, 0.25) is 0 Å². The van der Waals surface area contributed by atoms with Crippen molar-refractivity contribution in [3.63, 3.8) is 0 Å². The lowest BCUT2D eigenvalue weighted by Crippen LogP contribution is -2.02. The van der Waals surface area contributed by atoms with Gasteiger partial charge in [-0.2, -0.15) is 0 Å². The lowest BCUT2D eigenvalue weighted by atomic mass is 10.1. The van der Waals surface area contributed by atoms with E-state index in [0.29, 0.717) is 23.2 Å². The lowest BCUT2D eigenvalue weighted by molar-refractivity contribution is 0.677. The van der Waals surface area contributed by atoms with Crippen LogP contribution in [0.1, 0.15) is 0 Å². The Morgan fingerprint density at radius 2 is 0.825 bits per heavy atom. The van der Waals surface area contributed by atoms with E-state index in [-0.39, 0.29) is 0 Å². The molecule has 0 N–H and O–H groups in total. The second kappa shape index (κ2) is 12.3. The molecule has 0 aliphatic carbocycles. The molecule has 0 bridgehead atoms. The molecule has 0 spiro atoms. The van der Waals surface area contributed by atoms with Gasteiger partial charge >= 0.3 is 0 Å². The highest BCUT2D eigenvalue weighted by Crippen LogP contribution is 2.44. The monoisotopic (exact) mass is 730 g/mol. The van der Waals surface area contributed by atoms with Gasteiger partial charge in [-0.15, -0.1) is 0 Å². The summed E-state index contributed by atoms with van der Waals surface area (Å²) in [6.07, 6.45) is 1.90. The van der Waals surface area contributed by atoms with Crippen LogP contribution in [0, 0.1) is 0 Å². The quantitative estimate of drug-likeness (QED) is 0.176. The molecule has 0 saturated heterocycles. The molecule has 5 aromatic heterocycles. The molecule has 0 atom stereocenters. The van der Waals surface area contributed by atoms with Gasteiger partial charge in [0.05, 0.1) is 44.7 Å². The Bertz CT molecular complexity index is 3440. The normalized spacial score (nSPS) is 11.9. The van der Waals surface area contributed by atoms with Crippen LogP contribution in [0.25, 0.3) is 111 Å². The molecule has 57 heavy (non-hydrogen) atoms. The van der Waals surface area contributed by atoms with Crippen molar-refractivity contribution in [2.45, 2.75) is 0 Å². The van der Waals surface area contributed by atoms with Crippen LogP contribution >= 0.6 is 0 Å². The van der Waals surface area contributed by atoms with Crippen LogP contribution in [0.4, 0.5) is 0 Å². The van der Waals surface area contributed by atoms with Gasteiger partial charge in [-0.1, -0.05) is 115 Å². The molecule has 7 aromatic carbocycles. The minimum atomic E-state index is 0.514. The molecule has 12 rings (SSSR count). The first-order chi connectivity index (χ1) is 28.3. The van der Waals surface area contributed by atoms with Crippen LogP contribution in [0.5, 0.6) is 0 Å². The first kappa shape index (κ1) is 31.5. The highest BCUT2D eigenvalue weighted by molar-refractivity contribution is 6.29. The van der Waals surface area contributed by atoms with Gasteiger partial charge in [-0.05, 0) is 60.7 Å². The van der Waals surface area contributed by atoms with Crippen molar-refractivity contribution in [1.82, 2.24) is 29.1 Å². The molecule has 7 heteroatoms. The van der Waals surface area contributed by atoms with Gasteiger partial charge in [0, 0.05) is 38.4 Å². The summed E-state index contributed by atoms with van der Waals surface area (Å²) >= 11 is 0. The van der Waals surface area contributed by atoms with Gasteiger partial charge in [-0.25, -0.2) is 15.0 Å². The summed E-state index contributed by atoms with van der Waals surface area (Å²) in [6.45, 7) is 0. The zero-order chi connectivity index (χ0) is 37.5. The highest BCUT2D eigenvalue weighted by atomic mass is 16.3. The number of pyridine rings is 1. The molecule has 7 nitrogen and oxygen atoms in total. The van der Waals surface area contributed by atoms with E-state index < -0.39 is 0 Å². The first-order valence-corrected chi connectivity index (χ1v) is 19.0. The summed E-state index contributed by atoms with van der Waals surface area (Å²) in [5.41, 5.74) is 10.7. The number of furan rings is 1. The van der Waals surface area contributed by atoms with Crippen molar-refractivity contribution in [3.05, 3.63) is 182 Å². The fraction of sp³-hybridized carbons (Fsp3) is 0. The highest BCUT2D eigenvalue weighted by Gasteiger charge is 2.23. The predicted octanol–water partition coefficient (Wildman–Crippen LogP) is 12.4. The fourth-order valence-electron chi connectivity index (χ4n) is 8.50. The molecule has 0 amide bonds. The van der Waals surface area contributed by atoms with E-state index in [9.17, 15) is 0 Å². The first-order valence-electron chi connectivity index (χ1n) is 19.0. The average Bonchev–Trinajstić information content (AvgIpc) is 3.95. The fourth-order valence-corrected chi connectivity index (χ4v) is 8.50. The molecule has 0 aliphatic heterocycles. The van der Waals surface area contributed by atoms with E-state index in [1.807, 2.05) is 72.9 Å². The number of fused-ring (bicyclic) bond motifs is 11. The van der Waals surface area contributed by atoms with Gasteiger partial charge < -0.3 is 13.6 Å². The third-order valence-corrected chi connectivity index (χ3v) is 11.0. The Morgan fingerprint density at radius 1 is 0.351 bits per heavy atom. The molecular formula is C50H30N6O. The number of hydrogen-bond donors (Lipinski definition) is 0. The van der Waals surface area contributed by atoms with Gasteiger partial charge in [0.15, 0.2) is 17.5 Å². The molecular weight excluding hydrogens is 701 g/mol. The molecule has 0 radical (unpaired) electrons. The van der Waals surface area contributed by atoms with Crippen LogP contribution in [-0.4, -0.2) is 29.1 Å². The van der Waals surface area contributed by atoms with Gasteiger partial charge in [0.1, 0.15) is 16.9 Å². The summed E-state index contributed by atoms with van der Waals surface area (Å²) in [7, 11) is 0. The molecule has 0 aliphatic rings. The van der Waals surface area contributed by atoms with E-state index in [4.69, 9.17) is 24.4 Å². The smallest absolute Gasteiger partial charge is 0.182 e. The van der Waals surface area contributed by atoms with E-state index >= 15 is 0 Å². The predicted molar refractivity (Wildman–Crippen MR) is 230 cm³/mol. The second-order valence-electron chi connectivity index (χ2n) is 14.3. The molecule has 0 unspecified atom stereocenters. The van der Waals surface area contributed by atoms with E-state index in [2.05, 4.69) is 118 Å². The second-order valence-corrected chi connectivity index (χ2v) is 14.3. The summed E-state index contributed by atoms with van der Waals surface area (Å²) in [6, 6.07) is 60.6. The van der Waals surface area contributed by atoms with Crippen LogP contribution < -0.4 is 0 Å². The standard InChI is InChI=1S/C50H30N6O/c1-4-14-31(15-5-1)48-52-49(32-16-6-2-7-17-32)54-50(53-48)39-27-24-34(30-51-39)56-41-23-13-11-21-38(41)45-43(56)29-26-36-35-25-28-42-44(46(35)57-47(36)45)37-20-10-12-22-40(37)55(42)33-18-8-3-9-19-33/h1-30H. The molecule has 0 saturated carbocycles. The third kappa shape index (κ3) is 4.79. The Morgan fingerprint density at radius 3 is 1.35 bits per heavy atom. The number of nitrogens with zero attached hydrogens (tertiary/aromatic N) is 6. The number of para-hydroxylation sites is 3. The molecule has 12 aromatic rings. The molecule has 5 heterocycles. The zero-order valence-corrected chi connectivity index (χ0v) is 30.4. The van der Waals surface area contributed by atoms with Gasteiger partial charge in [0.25, 0.3) is 0 Å². The maximum atomic E-state index is 7.10. The Labute approximate surface area is 325 Å². The Balaban J connectivity index is 1.04. The van der Waals surface area contributed by atoms with Gasteiger partial charge in [0.2, 0.25) is 0 Å². The third-order valence-electron chi connectivity index (χ3n) is 11.0. The summed E-state index contributed by atoms with van der Waals surface area (Å²) in [5, 5.41) is 6.65. The maximum Gasteiger partial charge on any atom is 0.182 e. The van der Waals surface area contributed by atoms with Crippen molar-refractivity contribution in [2.24, 2.45) is 0 Å². The number of rotatable bonds is 5. The van der Waals surface area contributed by atoms with Crippen molar-refractivity contribution < 1.29 is 4.42 Å². The summed E-state index contributed by atoms with van der Waals surface area (Å²) in [4.78, 5) is 19.6. The van der Waals surface area contributed by atoms with Crippen molar-refractivity contribution >= 4 is 65.6 Å². The maximum absolute atomic E-state index is 7.10. The zero-order valence-electron chi connectivity index (χ0n) is 30.4. The average molecular weight is 731 g/mol. The molecule has 266 valence electrons. The molecule has 0 fully saturated rings. The van der Waals surface area contributed by atoms with Crippen molar-refractivity contribution in [3.8, 4) is 45.7 Å². The SMILES string of the molecule is c1ccc(-c2nc(-c3ccccc3)nc(-c3ccc(-n4c5ccccc5c5c6oc7c(ccc8c7c7ccccc7n8-c7ccccc7)c6ccc54)cn3)n2)cc1. The van der Waals surface area contributed by atoms with E-state index in [1.54, 1.807) is 0 Å². The van der Waals surface area contributed by atoms with Crippen molar-refractivity contribution in [1.29, 1.82) is 0 Å². The largest absolute Gasteiger partial charge is 0.455 e. The van der Waals surface area contributed by atoms with Crippen molar-refractivity contribution in [2.75, 3.05) is 0 Å². The Kier molecular flexibility index (Phi) is 6.79. The van der Waals surface area contributed by atoms with E-state index in [0.717, 1.165) is 88.1 Å². The van der Waals surface area contributed by atoms with Crippen LogP contribution in [0.3, 0.4) is 0 Å². The van der Waals surface area contributed by atoms with Crippen LogP contribution in [0.15, 0.2) is 187 Å². The number of aromatic nitrogens is 6. The van der Waals surface area contributed by atoms with E-state index in [1.165, 1.54) is 0 Å². The number of benzene rings is 7.